The zero-order valence-electron chi connectivity index (χ0n) is 11.8. The van der Waals surface area contributed by atoms with Gasteiger partial charge < -0.3 is 14.2 Å². The minimum Gasteiger partial charge on any atom is -0.486 e. The van der Waals surface area contributed by atoms with Crippen LogP contribution in [0, 0.1) is 6.92 Å². The highest BCUT2D eigenvalue weighted by Crippen LogP contribution is 2.30. The SMILES string of the molecule is COC(=O)c1cc(OC2COC2)cc(-c2ncc(C)s2)c1. The van der Waals surface area contributed by atoms with E-state index in [1.54, 1.807) is 23.5 Å². The average molecular weight is 305 g/mol. The van der Waals surface area contributed by atoms with Crippen molar-refractivity contribution in [3.8, 4) is 16.3 Å². The normalized spacial score (nSPS) is 14.6. The van der Waals surface area contributed by atoms with Crippen molar-refractivity contribution >= 4 is 17.3 Å². The number of benzene rings is 1. The van der Waals surface area contributed by atoms with E-state index in [-0.39, 0.29) is 12.1 Å². The molecular formula is C15H15NO4S. The molecule has 1 fully saturated rings. The fourth-order valence-corrected chi connectivity index (χ4v) is 2.74. The molecule has 1 aliphatic heterocycles. The standard InChI is InChI=1S/C15H15NO4S/c1-9-6-16-14(21-9)10-3-11(15(17)18-2)5-12(4-10)20-13-7-19-8-13/h3-6,13H,7-8H2,1-2H3. The van der Waals surface area contributed by atoms with Crippen molar-refractivity contribution in [3.63, 3.8) is 0 Å². The van der Waals surface area contributed by atoms with Gasteiger partial charge in [0, 0.05) is 16.6 Å². The molecule has 110 valence electrons. The van der Waals surface area contributed by atoms with E-state index in [4.69, 9.17) is 14.2 Å². The van der Waals surface area contributed by atoms with Crippen molar-refractivity contribution < 1.29 is 19.0 Å². The first-order valence-electron chi connectivity index (χ1n) is 6.56. The third-order valence-electron chi connectivity index (χ3n) is 3.11. The molecule has 0 spiro atoms. The van der Waals surface area contributed by atoms with Crippen LogP contribution in [0.5, 0.6) is 5.75 Å². The van der Waals surface area contributed by atoms with Crippen molar-refractivity contribution in [2.24, 2.45) is 0 Å². The molecule has 0 N–H and O–H groups in total. The maximum absolute atomic E-state index is 11.8. The third kappa shape index (κ3) is 3.06. The second-order valence-electron chi connectivity index (χ2n) is 4.79. The number of ether oxygens (including phenoxy) is 3. The molecule has 0 saturated carbocycles. The first-order valence-corrected chi connectivity index (χ1v) is 7.38. The van der Waals surface area contributed by atoms with Crippen LogP contribution < -0.4 is 4.74 Å². The molecule has 0 aliphatic carbocycles. The number of aromatic nitrogens is 1. The van der Waals surface area contributed by atoms with Crippen LogP contribution in [0.2, 0.25) is 0 Å². The lowest BCUT2D eigenvalue weighted by Crippen LogP contribution is -2.38. The number of methoxy groups -OCH3 is 1. The van der Waals surface area contributed by atoms with Gasteiger partial charge in [0.2, 0.25) is 0 Å². The van der Waals surface area contributed by atoms with Gasteiger partial charge in [0.1, 0.15) is 16.9 Å². The van der Waals surface area contributed by atoms with Crippen LogP contribution in [0.3, 0.4) is 0 Å². The lowest BCUT2D eigenvalue weighted by Gasteiger charge is -2.27. The molecule has 5 nitrogen and oxygen atoms in total. The smallest absolute Gasteiger partial charge is 0.338 e. The van der Waals surface area contributed by atoms with Crippen LogP contribution in [-0.2, 0) is 9.47 Å². The van der Waals surface area contributed by atoms with E-state index in [9.17, 15) is 4.79 Å². The van der Waals surface area contributed by atoms with Gasteiger partial charge in [-0.2, -0.15) is 0 Å². The summed E-state index contributed by atoms with van der Waals surface area (Å²) in [5.41, 5.74) is 1.31. The molecule has 3 rings (SSSR count). The van der Waals surface area contributed by atoms with E-state index in [2.05, 4.69) is 4.98 Å². The zero-order chi connectivity index (χ0) is 14.8. The summed E-state index contributed by atoms with van der Waals surface area (Å²) in [5.74, 6) is 0.244. The quantitative estimate of drug-likeness (QED) is 0.813. The molecule has 0 radical (unpaired) electrons. The molecule has 2 aromatic rings. The lowest BCUT2D eigenvalue weighted by atomic mass is 10.1. The van der Waals surface area contributed by atoms with Crippen LogP contribution in [-0.4, -0.2) is 37.4 Å². The summed E-state index contributed by atoms with van der Waals surface area (Å²) < 4.78 is 15.7. The van der Waals surface area contributed by atoms with Gasteiger partial charge in [0.25, 0.3) is 0 Å². The summed E-state index contributed by atoms with van der Waals surface area (Å²) in [6, 6.07) is 5.35. The fraction of sp³-hybridized carbons (Fsp3) is 0.333. The molecule has 21 heavy (non-hydrogen) atoms. The highest BCUT2D eigenvalue weighted by Gasteiger charge is 2.21. The van der Waals surface area contributed by atoms with E-state index in [0.717, 1.165) is 15.4 Å². The summed E-state index contributed by atoms with van der Waals surface area (Å²) >= 11 is 1.57. The minimum absolute atomic E-state index is 0.0452. The molecule has 2 heterocycles. The zero-order valence-corrected chi connectivity index (χ0v) is 12.6. The largest absolute Gasteiger partial charge is 0.486 e. The van der Waals surface area contributed by atoms with E-state index < -0.39 is 0 Å². The molecule has 1 aromatic carbocycles. The molecule has 1 aromatic heterocycles. The monoisotopic (exact) mass is 305 g/mol. The van der Waals surface area contributed by atoms with Gasteiger partial charge in [-0.05, 0) is 25.1 Å². The van der Waals surface area contributed by atoms with E-state index in [0.29, 0.717) is 24.5 Å². The molecule has 1 aliphatic rings. The van der Waals surface area contributed by atoms with E-state index in [1.807, 2.05) is 19.2 Å². The van der Waals surface area contributed by atoms with Gasteiger partial charge in [0.05, 0.1) is 25.9 Å². The Morgan fingerprint density at radius 3 is 2.76 bits per heavy atom. The highest BCUT2D eigenvalue weighted by atomic mass is 32.1. The van der Waals surface area contributed by atoms with Crippen molar-refractivity contribution in [3.05, 3.63) is 34.8 Å². The highest BCUT2D eigenvalue weighted by molar-refractivity contribution is 7.14. The van der Waals surface area contributed by atoms with Gasteiger partial charge in [0.15, 0.2) is 0 Å². The topological polar surface area (TPSA) is 57.7 Å². The predicted molar refractivity (Wildman–Crippen MR) is 78.9 cm³/mol. The number of carbonyl (C=O) groups excluding carboxylic acids is 1. The molecule has 6 heteroatoms. The second kappa shape index (κ2) is 5.83. The first kappa shape index (κ1) is 14.0. The number of hydrogen-bond donors (Lipinski definition) is 0. The second-order valence-corrected chi connectivity index (χ2v) is 6.03. The molecule has 0 atom stereocenters. The predicted octanol–water partition coefficient (Wildman–Crippen LogP) is 2.68. The summed E-state index contributed by atoms with van der Waals surface area (Å²) in [6.45, 7) is 3.15. The van der Waals surface area contributed by atoms with Crippen molar-refractivity contribution in [2.75, 3.05) is 20.3 Å². The molecule has 1 saturated heterocycles. The molecule has 0 unspecified atom stereocenters. The summed E-state index contributed by atoms with van der Waals surface area (Å²) in [4.78, 5) is 17.3. The van der Waals surface area contributed by atoms with Gasteiger partial charge in [-0.3, -0.25) is 0 Å². The Kier molecular flexibility index (Phi) is 3.90. The minimum atomic E-state index is -0.389. The Hall–Kier alpha value is -1.92. The Morgan fingerprint density at radius 1 is 1.38 bits per heavy atom. The van der Waals surface area contributed by atoms with Crippen LogP contribution in [0.15, 0.2) is 24.4 Å². The maximum atomic E-state index is 11.8. The van der Waals surface area contributed by atoms with Crippen molar-refractivity contribution in [1.82, 2.24) is 4.98 Å². The number of rotatable bonds is 4. The number of esters is 1. The summed E-state index contributed by atoms with van der Waals surface area (Å²) in [7, 11) is 1.36. The Labute approximate surface area is 126 Å². The summed E-state index contributed by atoms with van der Waals surface area (Å²) in [5, 5.41) is 0.855. The van der Waals surface area contributed by atoms with Crippen molar-refractivity contribution in [2.45, 2.75) is 13.0 Å². The third-order valence-corrected chi connectivity index (χ3v) is 4.07. The van der Waals surface area contributed by atoms with Gasteiger partial charge in [-0.1, -0.05) is 0 Å². The Balaban J connectivity index is 1.97. The maximum Gasteiger partial charge on any atom is 0.338 e. The van der Waals surface area contributed by atoms with Gasteiger partial charge in [-0.15, -0.1) is 11.3 Å². The number of nitrogens with zero attached hydrogens (tertiary/aromatic N) is 1. The van der Waals surface area contributed by atoms with Gasteiger partial charge in [-0.25, -0.2) is 9.78 Å². The van der Waals surface area contributed by atoms with Crippen LogP contribution >= 0.6 is 11.3 Å². The Bertz CT molecular complexity index is 663. The van der Waals surface area contributed by atoms with Crippen LogP contribution in [0.1, 0.15) is 15.2 Å². The van der Waals surface area contributed by atoms with E-state index in [1.165, 1.54) is 7.11 Å². The van der Waals surface area contributed by atoms with Crippen molar-refractivity contribution in [1.29, 1.82) is 0 Å². The molecule has 0 bridgehead atoms. The molecule has 0 amide bonds. The van der Waals surface area contributed by atoms with Crippen LogP contribution in [0.25, 0.3) is 10.6 Å². The average Bonchev–Trinajstić information content (AvgIpc) is 2.88. The lowest BCUT2D eigenvalue weighted by molar-refractivity contribution is -0.0796. The fourth-order valence-electron chi connectivity index (χ4n) is 1.99. The van der Waals surface area contributed by atoms with E-state index >= 15 is 0 Å². The number of hydrogen-bond acceptors (Lipinski definition) is 6. The van der Waals surface area contributed by atoms with Crippen LogP contribution in [0.4, 0.5) is 0 Å². The first-order chi connectivity index (χ1) is 10.2. The Morgan fingerprint density at radius 2 is 2.19 bits per heavy atom. The number of carbonyl (C=O) groups is 1. The molecular weight excluding hydrogens is 290 g/mol. The number of aryl methyl sites for hydroxylation is 1. The van der Waals surface area contributed by atoms with Gasteiger partial charge >= 0.3 is 5.97 Å². The number of thiazole rings is 1. The summed E-state index contributed by atoms with van der Waals surface area (Å²) in [6.07, 6.45) is 1.86.